The lowest BCUT2D eigenvalue weighted by molar-refractivity contribution is -0.128. The van der Waals surface area contributed by atoms with Crippen LogP contribution in [0.15, 0.2) is 54.6 Å². The molecule has 0 unspecified atom stereocenters. The van der Waals surface area contributed by atoms with Crippen LogP contribution in [0, 0.1) is 0 Å². The van der Waals surface area contributed by atoms with Crippen molar-refractivity contribution in [2.24, 2.45) is 0 Å². The first-order chi connectivity index (χ1) is 13.3. The smallest absolute Gasteiger partial charge is 0.261 e. The van der Waals surface area contributed by atoms with Gasteiger partial charge in [0.25, 0.3) is 5.91 Å². The predicted molar refractivity (Wildman–Crippen MR) is 110 cm³/mol. The lowest BCUT2D eigenvalue weighted by Crippen LogP contribution is -2.43. The molecular formula is C21H26N2O4S. The largest absolute Gasteiger partial charge is 0.478 e. The van der Waals surface area contributed by atoms with Crippen LogP contribution in [0.2, 0.25) is 0 Å². The molecule has 1 aliphatic heterocycles. The third kappa shape index (κ3) is 5.04. The Kier molecular flexibility index (Phi) is 6.24. The summed E-state index contributed by atoms with van der Waals surface area (Å²) in [5, 5.41) is 3.00. The molecule has 7 heteroatoms. The normalized spacial score (nSPS) is 17.8. The SMILES string of the molecule is C[C@@H](CCc1ccccc1)NC(=O)[C@@H]1CCN(S(C)(=O)=O)c2ccccc2O1. The molecule has 0 bridgehead atoms. The molecule has 2 atom stereocenters. The first kappa shape index (κ1) is 20.2. The van der Waals surface area contributed by atoms with Crippen molar-refractivity contribution in [3.05, 3.63) is 60.2 Å². The van der Waals surface area contributed by atoms with Gasteiger partial charge in [-0.05, 0) is 37.5 Å². The molecular weight excluding hydrogens is 376 g/mol. The van der Waals surface area contributed by atoms with Crippen molar-refractivity contribution in [3.63, 3.8) is 0 Å². The third-order valence-electron chi connectivity index (χ3n) is 4.79. The number of amides is 1. The number of fused-ring (bicyclic) bond motifs is 1. The Morgan fingerprint density at radius 1 is 1.18 bits per heavy atom. The van der Waals surface area contributed by atoms with Crippen LogP contribution >= 0.6 is 0 Å². The highest BCUT2D eigenvalue weighted by Gasteiger charge is 2.31. The Labute approximate surface area is 166 Å². The van der Waals surface area contributed by atoms with Crippen molar-refractivity contribution in [1.82, 2.24) is 5.32 Å². The van der Waals surface area contributed by atoms with E-state index in [1.54, 1.807) is 24.3 Å². The highest BCUT2D eigenvalue weighted by Crippen LogP contribution is 2.33. The summed E-state index contributed by atoms with van der Waals surface area (Å²) >= 11 is 0. The summed E-state index contributed by atoms with van der Waals surface area (Å²) in [6.45, 7) is 2.17. The maximum Gasteiger partial charge on any atom is 0.261 e. The lowest BCUT2D eigenvalue weighted by atomic mass is 10.1. The minimum atomic E-state index is -3.45. The fourth-order valence-electron chi connectivity index (χ4n) is 3.29. The van der Waals surface area contributed by atoms with Gasteiger partial charge in [0.05, 0.1) is 11.9 Å². The van der Waals surface area contributed by atoms with Crippen LogP contribution in [0.3, 0.4) is 0 Å². The highest BCUT2D eigenvalue weighted by molar-refractivity contribution is 7.92. The number of anilines is 1. The fourth-order valence-corrected chi connectivity index (χ4v) is 4.24. The van der Waals surface area contributed by atoms with Crippen LogP contribution in [0.1, 0.15) is 25.3 Å². The third-order valence-corrected chi connectivity index (χ3v) is 5.97. The van der Waals surface area contributed by atoms with E-state index in [0.29, 0.717) is 17.9 Å². The van der Waals surface area contributed by atoms with Gasteiger partial charge in [0.2, 0.25) is 10.0 Å². The van der Waals surface area contributed by atoms with Gasteiger partial charge in [-0.25, -0.2) is 8.42 Å². The van der Waals surface area contributed by atoms with Gasteiger partial charge in [0, 0.05) is 19.0 Å². The van der Waals surface area contributed by atoms with Crippen LogP contribution in [0.4, 0.5) is 5.69 Å². The molecule has 28 heavy (non-hydrogen) atoms. The van der Waals surface area contributed by atoms with Gasteiger partial charge in [-0.2, -0.15) is 0 Å². The Hall–Kier alpha value is -2.54. The zero-order valence-corrected chi connectivity index (χ0v) is 17.0. The second-order valence-corrected chi connectivity index (χ2v) is 9.04. The Morgan fingerprint density at radius 2 is 1.86 bits per heavy atom. The van der Waals surface area contributed by atoms with Gasteiger partial charge < -0.3 is 10.1 Å². The van der Waals surface area contributed by atoms with Crippen LogP contribution in [0.25, 0.3) is 0 Å². The number of benzene rings is 2. The topological polar surface area (TPSA) is 75.7 Å². The number of rotatable bonds is 6. The minimum absolute atomic E-state index is 0.0131. The standard InChI is InChI=1S/C21H26N2O4S/c1-16(12-13-17-8-4-3-5-9-17)22-21(24)20-14-15-23(28(2,25)26)18-10-6-7-11-19(18)27-20/h3-11,16,20H,12-15H2,1-2H3,(H,22,24)/t16-,20-/m0/s1. The molecule has 3 rings (SSSR count). The van der Waals surface area contributed by atoms with Gasteiger partial charge in [-0.3, -0.25) is 9.10 Å². The van der Waals surface area contributed by atoms with Gasteiger partial charge in [-0.1, -0.05) is 42.5 Å². The number of hydrogen-bond donors (Lipinski definition) is 1. The summed E-state index contributed by atoms with van der Waals surface area (Å²) in [4.78, 5) is 12.7. The zero-order chi connectivity index (χ0) is 20.1. The van der Waals surface area contributed by atoms with Gasteiger partial charge >= 0.3 is 0 Å². The Balaban J connectivity index is 1.64. The maximum absolute atomic E-state index is 12.7. The second kappa shape index (κ2) is 8.65. The van der Waals surface area contributed by atoms with E-state index in [1.165, 1.54) is 9.87 Å². The highest BCUT2D eigenvalue weighted by atomic mass is 32.2. The van der Waals surface area contributed by atoms with Crippen molar-refractivity contribution in [1.29, 1.82) is 0 Å². The summed E-state index contributed by atoms with van der Waals surface area (Å²) in [7, 11) is -3.45. The first-order valence-corrected chi connectivity index (χ1v) is 11.3. The summed E-state index contributed by atoms with van der Waals surface area (Å²) < 4.78 is 31.5. The van der Waals surface area contributed by atoms with E-state index in [0.717, 1.165) is 19.1 Å². The molecule has 0 fully saturated rings. The average Bonchev–Trinajstić information content (AvgIpc) is 2.87. The summed E-state index contributed by atoms with van der Waals surface area (Å²) in [6, 6.07) is 17.0. The molecule has 1 heterocycles. The van der Waals surface area contributed by atoms with E-state index in [4.69, 9.17) is 4.74 Å². The van der Waals surface area contributed by atoms with Crippen molar-refractivity contribution in [2.45, 2.75) is 38.3 Å². The minimum Gasteiger partial charge on any atom is -0.478 e. The van der Waals surface area contributed by atoms with Crippen LogP contribution < -0.4 is 14.4 Å². The van der Waals surface area contributed by atoms with E-state index in [2.05, 4.69) is 17.4 Å². The van der Waals surface area contributed by atoms with E-state index in [9.17, 15) is 13.2 Å². The van der Waals surface area contributed by atoms with E-state index in [1.807, 2.05) is 25.1 Å². The number of aryl methyl sites for hydroxylation is 1. The molecule has 0 saturated carbocycles. The zero-order valence-electron chi connectivity index (χ0n) is 16.2. The molecule has 0 radical (unpaired) electrons. The molecule has 0 aromatic heterocycles. The molecule has 1 N–H and O–H groups in total. The molecule has 0 saturated heterocycles. The quantitative estimate of drug-likeness (QED) is 0.806. The van der Waals surface area contributed by atoms with E-state index in [-0.39, 0.29) is 18.5 Å². The number of para-hydroxylation sites is 2. The van der Waals surface area contributed by atoms with Crippen molar-refractivity contribution in [2.75, 3.05) is 17.1 Å². The van der Waals surface area contributed by atoms with Crippen molar-refractivity contribution >= 4 is 21.6 Å². The molecule has 0 aliphatic carbocycles. The Morgan fingerprint density at radius 3 is 2.57 bits per heavy atom. The van der Waals surface area contributed by atoms with Crippen LogP contribution in [-0.4, -0.2) is 39.3 Å². The molecule has 1 amide bonds. The molecule has 6 nitrogen and oxygen atoms in total. The molecule has 2 aromatic rings. The lowest BCUT2D eigenvalue weighted by Gasteiger charge is -2.20. The van der Waals surface area contributed by atoms with Crippen molar-refractivity contribution < 1.29 is 17.9 Å². The molecule has 150 valence electrons. The number of carbonyl (C=O) groups is 1. The predicted octanol–water partition coefficient (Wildman–Crippen LogP) is 2.74. The number of carbonyl (C=O) groups excluding carboxylic acids is 1. The number of sulfonamides is 1. The van der Waals surface area contributed by atoms with Crippen LogP contribution in [0.5, 0.6) is 5.75 Å². The summed E-state index contributed by atoms with van der Waals surface area (Å²) in [5.41, 5.74) is 1.70. The number of nitrogens with one attached hydrogen (secondary N) is 1. The molecule has 1 aliphatic rings. The average molecular weight is 403 g/mol. The molecule has 0 spiro atoms. The summed E-state index contributed by atoms with van der Waals surface area (Å²) in [5.74, 6) is 0.188. The number of nitrogens with zero attached hydrogens (tertiary/aromatic N) is 1. The number of ether oxygens (including phenoxy) is 1. The maximum atomic E-state index is 12.7. The van der Waals surface area contributed by atoms with E-state index >= 15 is 0 Å². The fraction of sp³-hybridized carbons (Fsp3) is 0.381. The molecule has 2 aromatic carbocycles. The Bertz CT molecular complexity index is 915. The second-order valence-electron chi connectivity index (χ2n) is 7.13. The van der Waals surface area contributed by atoms with Crippen molar-refractivity contribution in [3.8, 4) is 5.75 Å². The van der Waals surface area contributed by atoms with Gasteiger partial charge in [-0.15, -0.1) is 0 Å². The monoisotopic (exact) mass is 402 g/mol. The first-order valence-electron chi connectivity index (χ1n) is 9.42. The van der Waals surface area contributed by atoms with Crippen LogP contribution in [-0.2, 0) is 21.2 Å². The van der Waals surface area contributed by atoms with Gasteiger partial charge in [0.15, 0.2) is 6.10 Å². The summed E-state index contributed by atoms with van der Waals surface area (Å²) in [6.07, 6.45) is 2.41. The van der Waals surface area contributed by atoms with Gasteiger partial charge in [0.1, 0.15) is 5.75 Å². The number of hydrogen-bond acceptors (Lipinski definition) is 4. The van der Waals surface area contributed by atoms with E-state index < -0.39 is 16.1 Å².